The standard InChI is InChI=1S/C21H29N3O6/c1-5-7-8-15-18(20(25)30-13(3)4)19(23-21(26)22-15)14-9-10-17(29-11-6-2)16(12-14)24(27)28/h9-10,12-13,19H,5-8,11H2,1-4H3,(H2,22,23,26). The van der Waals surface area contributed by atoms with Gasteiger partial charge in [0, 0.05) is 11.8 Å². The Morgan fingerprint density at radius 2 is 2.00 bits per heavy atom. The van der Waals surface area contributed by atoms with Gasteiger partial charge in [-0.1, -0.05) is 26.3 Å². The molecule has 30 heavy (non-hydrogen) atoms. The summed E-state index contributed by atoms with van der Waals surface area (Å²) < 4.78 is 10.9. The Balaban J connectivity index is 2.54. The highest BCUT2D eigenvalue weighted by atomic mass is 16.6. The summed E-state index contributed by atoms with van der Waals surface area (Å²) in [4.78, 5) is 36.2. The fourth-order valence-electron chi connectivity index (χ4n) is 3.13. The third-order valence-electron chi connectivity index (χ3n) is 4.47. The average Bonchev–Trinajstić information content (AvgIpc) is 2.69. The minimum atomic E-state index is -0.865. The van der Waals surface area contributed by atoms with Gasteiger partial charge in [-0.3, -0.25) is 10.1 Å². The minimum absolute atomic E-state index is 0.146. The molecule has 0 radical (unpaired) electrons. The molecule has 164 valence electrons. The lowest BCUT2D eigenvalue weighted by atomic mass is 9.93. The van der Waals surface area contributed by atoms with E-state index in [-0.39, 0.29) is 23.1 Å². The van der Waals surface area contributed by atoms with Crippen molar-refractivity contribution < 1.29 is 24.0 Å². The summed E-state index contributed by atoms with van der Waals surface area (Å²) in [6.45, 7) is 7.72. The van der Waals surface area contributed by atoms with Gasteiger partial charge in [-0.15, -0.1) is 0 Å². The molecule has 2 N–H and O–H groups in total. The number of nitro groups is 1. The molecule has 1 aliphatic rings. The number of allylic oxidation sites excluding steroid dienone is 1. The highest BCUT2D eigenvalue weighted by Crippen LogP contribution is 2.35. The third kappa shape index (κ3) is 5.71. The molecule has 1 aliphatic heterocycles. The number of carbonyl (C=O) groups excluding carboxylic acids is 2. The van der Waals surface area contributed by atoms with Crippen molar-refractivity contribution in [2.45, 2.75) is 65.5 Å². The molecule has 0 aromatic heterocycles. The molecule has 1 unspecified atom stereocenters. The number of nitro benzene ring substituents is 1. The molecule has 1 aromatic rings. The van der Waals surface area contributed by atoms with E-state index in [1.165, 1.54) is 12.1 Å². The summed E-state index contributed by atoms with van der Waals surface area (Å²) in [6, 6.07) is 3.11. The number of nitrogens with one attached hydrogen (secondary N) is 2. The first kappa shape index (κ1) is 23.2. The van der Waals surface area contributed by atoms with E-state index in [0.717, 1.165) is 12.8 Å². The van der Waals surface area contributed by atoms with Gasteiger partial charge in [0.25, 0.3) is 0 Å². The maximum absolute atomic E-state index is 12.9. The summed E-state index contributed by atoms with van der Waals surface area (Å²) in [5.41, 5.74) is 0.920. The number of rotatable bonds is 10. The van der Waals surface area contributed by atoms with Crippen LogP contribution in [0.5, 0.6) is 5.75 Å². The molecule has 0 saturated carbocycles. The SMILES string of the molecule is CCCCC1=C(C(=O)OC(C)C)C(c2ccc(OCCC)c([N+](=O)[O-])c2)NC(=O)N1. The van der Waals surface area contributed by atoms with Crippen molar-refractivity contribution in [3.63, 3.8) is 0 Å². The molecule has 0 bridgehead atoms. The van der Waals surface area contributed by atoms with Gasteiger partial charge in [0.2, 0.25) is 0 Å². The number of hydrogen-bond acceptors (Lipinski definition) is 6. The summed E-state index contributed by atoms with van der Waals surface area (Å²) in [5, 5.41) is 17.0. The van der Waals surface area contributed by atoms with Gasteiger partial charge < -0.3 is 20.1 Å². The lowest BCUT2D eigenvalue weighted by molar-refractivity contribution is -0.385. The predicted octanol–water partition coefficient (Wildman–Crippen LogP) is 4.13. The van der Waals surface area contributed by atoms with Crippen molar-refractivity contribution in [3.05, 3.63) is 45.1 Å². The molecule has 0 aliphatic carbocycles. The van der Waals surface area contributed by atoms with E-state index in [2.05, 4.69) is 10.6 Å². The number of hydrogen-bond donors (Lipinski definition) is 2. The first-order valence-electron chi connectivity index (χ1n) is 10.2. The van der Waals surface area contributed by atoms with Crippen LogP contribution in [-0.4, -0.2) is 29.6 Å². The van der Waals surface area contributed by atoms with Crippen LogP contribution >= 0.6 is 0 Å². The van der Waals surface area contributed by atoms with E-state index in [0.29, 0.717) is 30.7 Å². The molecule has 2 amide bonds. The van der Waals surface area contributed by atoms with E-state index < -0.39 is 23.0 Å². The number of carbonyl (C=O) groups is 2. The van der Waals surface area contributed by atoms with Crippen molar-refractivity contribution in [1.82, 2.24) is 10.6 Å². The Labute approximate surface area is 176 Å². The average molecular weight is 419 g/mol. The summed E-state index contributed by atoms with van der Waals surface area (Å²) in [5.74, 6) is -0.421. The number of ether oxygens (including phenoxy) is 2. The van der Waals surface area contributed by atoms with Crippen molar-refractivity contribution in [2.24, 2.45) is 0 Å². The van der Waals surface area contributed by atoms with Crippen LogP contribution in [0, 0.1) is 10.1 Å². The van der Waals surface area contributed by atoms with Crippen LogP contribution < -0.4 is 15.4 Å². The molecular weight excluding hydrogens is 390 g/mol. The van der Waals surface area contributed by atoms with Crippen molar-refractivity contribution in [1.29, 1.82) is 0 Å². The molecular formula is C21H29N3O6. The van der Waals surface area contributed by atoms with Crippen LogP contribution in [-0.2, 0) is 9.53 Å². The smallest absolute Gasteiger partial charge is 0.338 e. The Hall–Kier alpha value is -3.10. The monoisotopic (exact) mass is 419 g/mol. The van der Waals surface area contributed by atoms with E-state index in [1.807, 2.05) is 13.8 Å². The third-order valence-corrected chi connectivity index (χ3v) is 4.47. The van der Waals surface area contributed by atoms with Gasteiger partial charge in [0.15, 0.2) is 5.75 Å². The number of esters is 1. The Bertz CT molecular complexity index is 834. The number of urea groups is 1. The Morgan fingerprint density at radius 3 is 2.60 bits per heavy atom. The van der Waals surface area contributed by atoms with E-state index in [9.17, 15) is 19.7 Å². The zero-order valence-electron chi connectivity index (χ0n) is 17.8. The zero-order valence-corrected chi connectivity index (χ0v) is 17.8. The lowest BCUT2D eigenvalue weighted by Crippen LogP contribution is -2.46. The predicted molar refractivity (Wildman–Crippen MR) is 111 cm³/mol. The van der Waals surface area contributed by atoms with Gasteiger partial charge in [-0.05, 0) is 44.7 Å². The molecule has 1 aromatic carbocycles. The Kier molecular flexibility index (Phi) is 8.20. The quantitative estimate of drug-likeness (QED) is 0.334. The number of benzene rings is 1. The van der Waals surface area contributed by atoms with Crippen LogP contribution in [0.15, 0.2) is 29.5 Å². The lowest BCUT2D eigenvalue weighted by Gasteiger charge is -2.30. The molecule has 9 nitrogen and oxygen atoms in total. The normalized spacial score (nSPS) is 16.2. The van der Waals surface area contributed by atoms with Crippen LogP contribution in [0.25, 0.3) is 0 Å². The molecule has 9 heteroatoms. The van der Waals surface area contributed by atoms with Crippen LogP contribution in [0.2, 0.25) is 0 Å². The largest absolute Gasteiger partial charge is 0.487 e. The van der Waals surface area contributed by atoms with Gasteiger partial charge in [-0.2, -0.15) is 0 Å². The van der Waals surface area contributed by atoms with Crippen LogP contribution in [0.3, 0.4) is 0 Å². The van der Waals surface area contributed by atoms with E-state index in [4.69, 9.17) is 9.47 Å². The first-order valence-corrected chi connectivity index (χ1v) is 10.2. The maximum atomic E-state index is 12.9. The van der Waals surface area contributed by atoms with Gasteiger partial charge in [-0.25, -0.2) is 9.59 Å². The number of unbranched alkanes of at least 4 members (excludes halogenated alkanes) is 1. The van der Waals surface area contributed by atoms with Gasteiger partial charge in [0.1, 0.15) is 0 Å². The summed E-state index contributed by atoms with van der Waals surface area (Å²) in [6.07, 6.45) is 2.49. The van der Waals surface area contributed by atoms with Crippen LogP contribution in [0.1, 0.15) is 65.0 Å². The second-order valence-electron chi connectivity index (χ2n) is 7.31. The fraction of sp³-hybridized carbons (Fsp3) is 0.524. The molecule has 1 atom stereocenters. The highest BCUT2D eigenvalue weighted by molar-refractivity contribution is 5.95. The van der Waals surface area contributed by atoms with Gasteiger partial charge >= 0.3 is 17.7 Å². The fourth-order valence-corrected chi connectivity index (χ4v) is 3.13. The van der Waals surface area contributed by atoms with E-state index >= 15 is 0 Å². The summed E-state index contributed by atoms with van der Waals surface area (Å²) in [7, 11) is 0. The van der Waals surface area contributed by atoms with Crippen molar-refractivity contribution in [3.8, 4) is 5.75 Å². The molecule has 0 fully saturated rings. The number of nitrogens with zero attached hydrogens (tertiary/aromatic N) is 1. The molecule has 0 spiro atoms. The molecule has 1 heterocycles. The highest BCUT2D eigenvalue weighted by Gasteiger charge is 2.35. The van der Waals surface area contributed by atoms with Crippen LogP contribution in [0.4, 0.5) is 10.5 Å². The molecule has 0 saturated heterocycles. The van der Waals surface area contributed by atoms with Crippen molar-refractivity contribution in [2.75, 3.05) is 6.61 Å². The number of amides is 2. The first-order chi connectivity index (χ1) is 14.3. The maximum Gasteiger partial charge on any atom is 0.338 e. The van der Waals surface area contributed by atoms with E-state index in [1.54, 1.807) is 19.9 Å². The second-order valence-corrected chi connectivity index (χ2v) is 7.31. The second kappa shape index (κ2) is 10.6. The van der Waals surface area contributed by atoms with Gasteiger partial charge in [0.05, 0.1) is 29.2 Å². The topological polar surface area (TPSA) is 120 Å². The summed E-state index contributed by atoms with van der Waals surface area (Å²) >= 11 is 0. The Morgan fingerprint density at radius 1 is 1.27 bits per heavy atom. The minimum Gasteiger partial charge on any atom is -0.487 e. The molecule has 2 rings (SSSR count). The zero-order chi connectivity index (χ0) is 22.3. The van der Waals surface area contributed by atoms with Crippen molar-refractivity contribution >= 4 is 17.7 Å².